The lowest BCUT2D eigenvalue weighted by molar-refractivity contribution is 0.0355. The van der Waals surface area contributed by atoms with Crippen molar-refractivity contribution in [3.8, 4) is 0 Å². The van der Waals surface area contributed by atoms with Crippen molar-refractivity contribution in [2.75, 3.05) is 20.6 Å². The van der Waals surface area contributed by atoms with Crippen LogP contribution in [0.25, 0.3) is 0 Å². The zero-order chi connectivity index (χ0) is 9.31. The third-order valence-corrected chi connectivity index (χ3v) is 2.96. The van der Waals surface area contributed by atoms with Crippen LogP contribution in [0.4, 0.5) is 0 Å². The maximum Gasteiger partial charge on any atom is 0.287 e. The molecule has 0 aromatic carbocycles. The molecule has 1 aliphatic heterocycles. The highest BCUT2D eigenvalue weighted by Crippen LogP contribution is 2.35. The van der Waals surface area contributed by atoms with Gasteiger partial charge in [-0.25, -0.2) is 4.99 Å². The van der Waals surface area contributed by atoms with Crippen molar-refractivity contribution in [3.05, 3.63) is 0 Å². The summed E-state index contributed by atoms with van der Waals surface area (Å²) in [4.78, 5) is 6.39. The molecule has 0 N–H and O–H groups in total. The Hall–Kier alpha value is -0.730. The van der Waals surface area contributed by atoms with E-state index in [2.05, 4.69) is 4.99 Å². The minimum absolute atomic E-state index is 0.0812. The van der Waals surface area contributed by atoms with Crippen molar-refractivity contribution in [1.82, 2.24) is 4.90 Å². The highest BCUT2D eigenvalue weighted by molar-refractivity contribution is 5.75. The molecule has 1 aliphatic carbocycles. The van der Waals surface area contributed by atoms with Gasteiger partial charge in [-0.15, -0.1) is 0 Å². The summed E-state index contributed by atoms with van der Waals surface area (Å²) in [6.07, 6.45) is 6.34. The van der Waals surface area contributed by atoms with E-state index >= 15 is 0 Å². The maximum atomic E-state index is 5.93. The smallest absolute Gasteiger partial charge is 0.287 e. The van der Waals surface area contributed by atoms with Crippen LogP contribution < -0.4 is 0 Å². The molecule has 0 radical (unpaired) electrons. The Bertz CT molecular complexity index is 217. The molecule has 0 aromatic rings. The van der Waals surface area contributed by atoms with E-state index in [0.29, 0.717) is 0 Å². The molecule has 0 aromatic heterocycles. The lowest BCUT2D eigenvalue weighted by Crippen LogP contribution is -2.37. The van der Waals surface area contributed by atoms with Crippen LogP contribution in [0.5, 0.6) is 0 Å². The summed E-state index contributed by atoms with van der Waals surface area (Å²) in [5.41, 5.74) is 0.0812. The van der Waals surface area contributed by atoms with Crippen molar-refractivity contribution in [1.29, 1.82) is 0 Å². The highest BCUT2D eigenvalue weighted by Gasteiger charge is 2.39. The normalized spacial score (nSPS) is 25.5. The zero-order valence-electron chi connectivity index (χ0n) is 8.55. The predicted molar refractivity (Wildman–Crippen MR) is 52.9 cm³/mol. The third kappa shape index (κ3) is 1.64. The van der Waals surface area contributed by atoms with Gasteiger partial charge >= 0.3 is 0 Å². The van der Waals surface area contributed by atoms with Gasteiger partial charge in [0.2, 0.25) is 0 Å². The standard InChI is InChI=1S/C10H18N2O/c1-12(2)9-11-8-10(13-9)6-4-3-5-7-10/h3-8H2,1-2H3. The fourth-order valence-corrected chi connectivity index (χ4v) is 2.16. The summed E-state index contributed by atoms with van der Waals surface area (Å²) in [5, 5.41) is 0. The molecular formula is C10H18N2O. The average Bonchev–Trinajstić information content (AvgIpc) is 2.51. The van der Waals surface area contributed by atoms with Crippen LogP contribution in [0.15, 0.2) is 4.99 Å². The minimum atomic E-state index is 0.0812. The molecule has 3 nitrogen and oxygen atoms in total. The number of aliphatic imine (C=N–C) groups is 1. The van der Waals surface area contributed by atoms with E-state index < -0.39 is 0 Å². The largest absolute Gasteiger partial charge is 0.457 e. The highest BCUT2D eigenvalue weighted by atomic mass is 16.5. The second kappa shape index (κ2) is 3.20. The predicted octanol–water partition coefficient (Wildman–Crippen LogP) is 1.64. The SMILES string of the molecule is CN(C)C1=NCC2(CCCCC2)O1. The van der Waals surface area contributed by atoms with Gasteiger partial charge in [0.25, 0.3) is 6.02 Å². The van der Waals surface area contributed by atoms with Crippen LogP contribution in [0.1, 0.15) is 32.1 Å². The van der Waals surface area contributed by atoms with E-state index in [-0.39, 0.29) is 5.60 Å². The molecule has 3 heteroatoms. The van der Waals surface area contributed by atoms with Gasteiger partial charge in [-0.05, 0) is 25.7 Å². The Labute approximate surface area is 79.8 Å². The first-order valence-corrected chi connectivity index (χ1v) is 5.13. The average molecular weight is 182 g/mol. The van der Waals surface area contributed by atoms with Gasteiger partial charge in [0.1, 0.15) is 5.60 Å². The van der Waals surface area contributed by atoms with Gasteiger partial charge in [-0.2, -0.15) is 0 Å². The first kappa shape index (κ1) is 8.85. The molecule has 0 amide bonds. The van der Waals surface area contributed by atoms with E-state index in [1.54, 1.807) is 0 Å². The fraction of sp³-hybridized carbons (Fsp3) is 0.900. The summed E-state index contributed by atoms with van der Waals surface area (Å²) in [6, 6.07) is 0.821. The number of hydrogen-bond acceptors (Lipinski definition) is 3. The van der Waals surface area contributed by atoms with Crippen molar-refractivity contribution in [2.45, 2.75) is 37.7 Å². The van der Waals surface area contributed by atoms with Gasteiger partial charge < -0.3 is 9.64 Å². The quantitative estimate of drug-likeness (QED) is 0.569. The molecule has 13 heavy (non-hydrogen) atoms. The summed E-state index contributed by atoms with van der Waals surface area (Å²) in [7, 11) is 3.97. The van der Waals surface area contributed by atoms with Crippen molar-refractivity contribution in [2.24, 2.45) is 4.99 Å². The first-order chi connectivity index (χ1) is 6.22. The number of hydrogen-bond donors (Lipinski definition) is 0. The Kier molecular flexibility index (Phi) is 2.18. The number of rotatable bonds is 0. The lowest BCUT2D eigenvalue weighted by Gasteiger charge is -2.32. The zero-order valence-corrected chi connectivity index (χ0v) is 8.55. The van der Waals surface area contributed by atoms with Gasteiger partial charge in [0.15, 0.2) is 0 Å². The summed E-state index contributed by atoms with van der Waals surface area (Å²) < 4.78 is 5.93. The number of ether oxygens (including phenoxy) is 1. The molecule has 0 atom stereocenters. The molecule has 2 rings (SSSR count). The monoisotopic (exact) mass is 182 g/mol. The van der Waals surface area contributed by atoms with Gasteiger partial charge in [0.05, 0.1) is 6.54 Å². The van der Waals surface area contributed by atoms with Crippen molar-refractivity contribution >= 4 is 6.02 Å². The molecule has 1 heterocycles. The second-order valence-corrected chi connectivity index (χ2v) is 4.34. The number of nitrogens with zero attached hydrogens (tertiary/aromatic N) is 2. The Morgan fingerprint density at radius 1 is 1.23 bits per heavy atom. The van der Waals surface area contributed by atoms with Gasteiger partial charge in [0, 0.05) is 14.1 Å². The van der Waals surface area contributed by atoms with Crippen LogP contribution in [0.2, 0.25) is 0 Å². The Morgan fingerprint density at radius 3 is 2.46 bits per heavy atom. The molecule has 0 bridgehead atoms. The second-order valence-electron chi connectivity index (χ2n) is 4.34. The Balaban J connectivity index is 1.99. The van der Waals surface area contributed by atoms with Crippen molar-refractivity contribution < 1.29 is 4.74 Å². The van der Waals surface area contributed by atoms with Crippen LogP contribution in [0.3, 0.4) is 0 Å². The summed E-state index contributed by atoms with van der Waals surface area (Å²) in [6.45, 7) is 0.876. The van der Waals surface area contributed by atoms with Crippen molar-refractivity contribution in [3.63, 3.8) is 0 Å². The van der Waals surface area contributed by atoms with E-state index in [1.807, 2.05) is 19.0 Å². The van der Waals surface area contributed by atoms with E-state index in [4.69, 9.17) is 4.74 Å². The lowest BCUT2D eigenvalue weighted by atomic mass is 9.85. The van der Waals surface area contributed by atoms with Crippen LogP contribution in [0, 0.1) is 0 Å². The minimum Gasteiger partial charge on any atom is -0.457 e. The van der Waals surface area contributed by atoms with Gasteiger partial charge in [-0.1, -0.05) is 6.42 Å². The van der Waals surface area contributed by atoms with E-state index in [1.165, 1.54) is 32.1 Å². The molecule has 1 saturated carbocycles. The van der Waals surface area contributed by atoms with Crippen LogP contribution >= 0.6 is 0 Å². The van der Waals surface area contributed by atoms with Gasteiger partial charge in [-0.3, -0.25) is 0 Å². The molecule has 1 fully saturated rings. The number of amidine groups is 1. The van der Waals surface area contributed by atoms with Crippen LogP contribution in [-0.2, 0) is 4.74 Å². The summed E-state index contributed by atoms with van der Waals surface area (Å²) in [5.74, 6) is 0. The molecule has 74 valence electrons. The van der Waals surface area contributed by atoms with E-state index in [0.717, 1.165) is 12.6 Å². The fourth-order valence-electron chi connectivity index (χ4n) is 2.16. The Morgan fingerprint density at radius 2 is 1.92 bits per heavy atom. The molecule has 2 aliphatic rings. The first-order valence-electron chi connectivity index (χ1n) is 5.13. The topological polar surface area (TPSA) is 24.8 Å². The molecule has 1 spiro atoms. The van der Waals surface area contributed by atoms with E-state index in [9.17, 15) is 0 Å². The van der Waals surface area contributed by atoms with Crippen LogP contribution in [-0.4, -0.2) is 37.2 Å². The molecule has 0 unspecified atom stereocenters. The molecule has 0 saturated heterocycles. The summed E-state index contributed by atoms with van der Waals surface area (Å²) >= 11 is 0. The molecular weight excluding hydrogens is 164 g/mol. The third-order valence-electron chi connectivity index (χ3n) is 2.96. The maximum absolute atomic E-state index is 5.93.